The van der Waals surface area contributed by atoms with E-state index in [-0.39, 0.29) is 0 Å². The summed E-state index contributed by atoms with van der Waals surface area (Å²) in [6, 6.07) is 16.3. The molecule has 0 atom stereocenters. The summed E-state index contributed by atoms with van der Waals surface area (Å²) >= 11 is 1.68. The van der Waals surface area contributed by atoms with Gasteiger partial charge in [0.2, 0.25) is 0 Å². The summed E-state index contributed by atoms with van der Waals surface area (Å²) in [5, 5.41) is 9.68. The summed E-state index contributed by atoms with van der Waals surface area (Å²) < 4.78 is 7.43. The minimum Gasteiger partial charge on any atom is -0.497 e. The van der Waals surface area contributed by atoms with Gasteiger partial charge in [-0.1, -0.05) is 48.5 Å². The van der Waals surface area contributed by atoms with Crippen LogP contribution in [0.5, 0.6) is 5.75 Å². The highest BCUT2D eigenvalue weighted by atomic mass is 32.2. The lowest BCUT2D eigenvalue weighted by Gasteiger charge is -2.11. The van der Waals surface area contributed by atoms with E-state index in [2.05, 4.69) is 52.9 Å². The van der Waals surface area contributed by atoms with Gasteiger partial charge in [-0.05, 0) is 36.9 Å². The molecule has 5 heteroatoms. The van der Waals surface area contributed by atoms with Crippen LogP contribution in [0, 0.1) is 6.92 Å². The second-order valence-electron chi connectivity index (χ2n) is 5.14. The predicted molar refractivity (Wildman–Crippen MR) is 94.5 cm³/mol. The summed E-state index contributed by atoms with van der Waals surface area (Å²) in [5.41, 5.74) is 3.28. The van der Waals surface area contributed by atoms with Crippen LogP contribution in [0.25, 0.3) is 17.1 Å². The molecule has 0 bridgehead atoms. The van der Waals surface area contributed by atoms with E-state index in [0.29, 0.717) is 0 Å². The number of thioether (sulfide) groups is 1. The Bertz CT molecular complexity index is 796. The minimum absolute atomic E-state index is 0.811. The second-order valence-corrected chi connectivity index (χ2v) is 6.37. The van der Waals surface area contributed by atoms with E-state index < -0.39 is 0 Å². The number of benzene rings is 2. The van der Waals surface area contributed by atoms with Crippen LogP contribution in [0.2, 0.25) is 0 Å². The van der Waals surface area contributed by atoms with E-state index >= 15 is 0 Å². The van der Waals surface area contributed by atoms with Gasteiger partial charge in [-0.2, -0.15) is 0 Å². The van der Waals surface area contributed by atoms with Gasteiger partial charge >= 0.3 is 0 Å². The average Bonchev–Trinajstić information content (AvgIpc) is 3.00. The van der Waals surface area contributed by atoms with Gasteiger partial charge in [0.25, 0.3) is 0 Å². The van der Waals surface area contributed by atoms with Crippen molar-refractivity contribution in [2.45, 2.75) is 19.0 Å². The number of hydrogen-bond acceptors (Lipinski definition) is 4. The Morgan fingerprint density at radius 2 is 1.87 bits per heavy atom. The Morgan fingerprint density at radius 1 is 1.09 bits per heavy atom. The Hall–Kier alpha value is -2.27. The third-order valence-corrected chi connectivity index (χ3v) is 4.34. The molecule has 4 nitrogen and oxygen atoms in total. The largest absolute Gasteiger partial charge is 0.497 e. The van der Waals surface area contributed by atoms with E-state index in [1.165, 1.54) is 5.56 Å². The SMILES string of the molecule is CCSc1nnc(-c2cccc(OC)c2)n1-c1ccc(C)cc1. The average molecular weight is 325 g/mol. The number of nitrogens with zero attached hydrogens (tertiary/aromatic N) is 3. The van der Waals surface area contributed by atoms with Crippen LogP contribution >= 0.6 is 11.8 Å². The molecular weight excluding hydrogens is 306 g/mol. The summed E-state index contributed by atoms with van der Waals surface area (Å²) in [6.07, 6.45) is 0. The summed E-state index contributed by atoms with van der Waals surface area (Å²) in [6.45, 7) is 4.20. The monoisotopic (exact) mass is 325 g/mol. The Balaban J connectivity index is 2.15. The third kappa shape index (κ3) is 3.24. The first-order valence-corrected chi connectivity index (χ1v) is 8.51. The number of methoxy groups -OCH3 is 1. The molecule has 0 N–H and O–H groups in total. The van der Waals surface area contributed by atoms with Crippen molar-refractivity contribution in [1.82, 2.24) is 14.8 Å². The highest BCUT2D eigenvalue weighted by molar-refractivity contribution is 7.99. The molecule has 23 heavy (non-hydrogen) atoms. The molecule has 3 aromatic rings. The van der Waals surface area contributed by atoms with Crippen LogP contribution in [0.15, 0.2) is 53.7 Å². The molecule has 0 radical (unpaired) electrons. The summed E-state index contributed by atoms with van der Waals surface area (Å²) in [4.78, 5) is 0. The van der Waals surface area contributed by atoms with E-state index in [0.717, 1.165) is 33.7 Å². The van der Waals surface area contributed by atoms with Crippen molar-refractivity contribution in [1.29, 1.82) is 0 Å². The lowest BCUT2D eigenvalue weighted by Crippen LogP contribution is -2.00. The van der Waals surface area contributed by atoms with Crippen LogP contribution in [-0.4, -0.2) is 27.6 Å². The van der Waals surface area contributed by atoms with E-state index in [1.54, 1.807) is 18.9 Å². The maximum Gasteiger partial charge on any atom is 0.196 e. The molecule has 0 fully saturated rings. The van der Waals surface area contributed by atoms with E-state index in [9.17, 15) is 0 Å². The van der Waals surface area contributed by atoms with Crippen molar-refractivity contribution in [2.24, 2.45) is 0 Å². The fourth-order valence-electron chi connectivity index (χ4n) is 2.37. The van der Waals surface area contributed by atoms with Gasteiger partial charge in [0.1, 0.15) is 5.75 Å². The van der Waals surface area contributed by atoms with Crippen LogP contribution in [0.3, 0.4) is 0 Å². The summed E-state index contributed by atoms with van der Waals surface area (Å²) in [5.74, 6) is 2.58. The molecule has 0 saturated heterocycles. The molecule has 0 spiro atoms. The molecule has 0 aliphatic carbocycles. The van der Waals surface area contributed by atoms with Gasteiger partial charge in [0, 0.05) is 11.3 Å². The molecule has 0 unspecified atom stereocenters. The predicted octanol–water partition coefficient (Wildman–Crippen LogP) is 4.36. The van der Waals surface area contributed by atoms with Gasteiger partial charge in [0.15, 0.2) is 11.0 Å². The number of ether oxygens (including phenoxy) is 1. The Labute approximate surface area is 140 Å². The minimum atomic E-state index is 0.811. The highest BCUT2D eigenvalue weighted by Crippen LogP contribution is 2.29. The normalized spacial score (nSPS) is 10.7. The van der Waals surface area contributed by atoms with Crippen molar-refractivity contribution >= 4 is 11.8 Å². The number of aryl methyl sites for hydroxylation is 1. The van der Waals surface area contributed by atoms with Crippen LogP contribution in [-0.2, 0) is 0 Å². The fourth-order valence-corrected chi connectivity index (χ4v) is 3.05. The van der Waals surface area contributed by atoms with Crippen molar-refractivity contribution in [2.75, 3.05) is 12.9 Å². The van der Waals surface area contributed by atoms with Crippen LogP contribution in [0.1, 0.15) is 12.5 Å². The second kappa shape index (κ2) is 6.87. The fraction of sp³-hybridized carbons (Fsp3) is 0.222. The first-order chi connectivity index (χ1) is 11.2. The quantitative estimate of drug-likeness (QED) is 0.653. The molecule has 0 aliphatic rings. The molecule has 0 saturated carbocycles. The zero-order chi connectivity index (χ0) is 16.2. The number of hydrogen-bond donors (Lipinski definition) is 0. The molecule has 1 heterocycles. The first-order valence-electron chi connectivity index (χ1n) is 7.52. The van der Waals surface area contributed by atoms with Crippen molar-refractivity contribution in [3.05, 3.63) is 54.1 Å². The van der Waals surface area contributed by atoms with E-state index in [4.69, 9.17) is 4.74 Å². The topological polar surface area (TPSA) is 39.9 Å². The maximum absolute atomic E-state index is 5.33. The van der Waals surface area contributed by atoms with Crippen LogP contribution in [0.4, 0.5) is 0 Å². The Morgan fingerprint density at radius 3 is 2.57 bits per heavy atom. The van der Waals surface area contributed by atoms with Gasteiger partial charge in [0.05, 0.1) is 7.11 Å². The van der Waals surface area contributed by atoms with Gasteiger partial charge in [-0.15, -0.1) is 10.2 Å². The standard InChI is InChI=1S/C18H19N3OS/c1-4-23-18-20-19-17(14-6-5-7-16(12-14)22-3)21(18)15-10-8-13(2)9-11-15/h5-12H,4H2,1-3H3. The summed E-state index contributed by atoms with van der Waals surface area (Å²) in [7, 11) is 1.67. The number of rotatable bonds is 5. The van der Waals surface area contributed by atoms with Crippen molar-refractivity contribution in [3.63, 3.8) is 0 Å². The first kappa shape index (κ1) is 15.6. The molecule has 3 rings (SSSR count). The zero-order valence-corrected chi connectivity index (χ0v) is 14.3. The smallest absolute Gasteiger partial charge is 0.196 e. The maximum atomic E-state index is 5.33. The lowest BCUT2D eigenvalue weighted by atomic mass is 10.2. The van der Waals surface area contributed by atoms with Crippen LogP contribution < -0.4 is 4.74 Å². The van der Waals surface area contributed by atoms with Gasteiger partial charge in [-0.3, -0.25) is 4.57 Å². The zero-order valence-electron chi connectivity index (χ0n) is 13.5. The van der Waals surface area contributed by atoms with Crippen molar-refractivity contribution < 1.29 is 4.74 Å². The Kier molecular flexibility index (Phi) is 4.67. The highest BCUT2D eigenvalue weighted by Gasteiger charge is 2.16. The van der Waals surface area contributed by atoms with E-state index in [1.807, 2.05) is 24.3 Å². The van der Waals surface area contributed by atoms with Gasteiger partial charge < -0.3 is 4.74 Å². The van der Waals surface area contributed by atoms with Gasteiger partial charge in [-0.25, -0.2) is 0 Å². The molecule has 2 aromatic carbocycles. The molecular formula is C18H19N3OS. The molecule has 0 amide bonds. The lowest BCUT2D eigenvalue weighted by molar-refractivity contribution is 0.415. The molecule has 1 aromatic heterocycles. The number of aromatic nitrogens is 3. The third-order valence-electron chi connectivity index (χ3n) is 3.53. The molecule has 118 valence electrons. The van der Waals surface area contributed by atoms with Crippen molar-refractivity contribution in [3.8, 4) is 22.8 Å². The molecule has 0 aliphatic heterocycles.